The number of aryl methyl sites for hydroxylation is 1. The van der Waals surface area contributed by atoms with Crippen LogP contribution in [-0.4, -0.2) is 9.55 Å². The molecule has 0 amide bonds. The maximum Gasteiger partial charge on any atom is 0.123 e. The van der Waals surface area contributed by atoms with Gasteiger partial charge in [-0.15, -0.1) is 0 Å². The van der Waals surface area contributed by atoms with Gasteiger partial charge in [-0.3, -0.25) is 0 Å². The zero-order valence-electron chi connectivity index (χ0n) is 7.66. The summed E-state index contributed by atoms with van der Waals surface area (Å²) < 4.78 is 1.89. The van der Waals surface area contributed by atoms with E-state index in [2.05, 4.69) is 11.1 Å². The Bertz CT molecular complexity index is 522. The summed E-state index contributed by atoms with van der Waals surface area (Å²) in [6.07, 6.45) is 0.307. The maximum atomic E-state index is 8.60. The van der Waals surface area contributed by atoms with E-state index in [0.29, 0.717) is 11.4 Å². The molecule has 70 valence electrons. The van der Waals surface area contributed by atoms with Gasteiger partial charge in [-0.2, -0.15) is 5.26 Å². The first-order chi connectivity index (χ1) is 6.74. The number of rotatable bonds is 1. The van der Waals surface area contributed by atoms with Crippen LogP contribution in [0.2, 0.25) is 5.02 Å². The second-order valence-corrected chi connectivity index (χ2v) is 3.44. The summed E-state index contributed by atoms with van der Waals surface area (Å²) in [4.78, 5) is 4.31. The second kappa shape index (κ2) is 3.32. The van der Waals surface area contributed by atoms with E-state index in [-0.39, 0.29) is 0 Å². The first-order valence-corrected chi connectivity index (χ1v) is 4.58. The third kappa shape index (κ3) is 1.24. The number of para-hydroxylation sites is 1. The van der Waals surface area contributed by atoms with E-state index in [0.717, 1.165) is 16.9 Å². The lowest BCUT2D eigenvalue weighted by Crippen LogP contribution is -1.95. The van der Waals surface area contributed by atoms with Crippen LogP contribution >= 0.6 is 11.6 Å². The van der Waals surface area contributed by atoms with E-state index < -0.39 is 0 Å². The van der Waals surface area contributed by atoms with Crippen LogP contribution in [0.4, 0.5) is 0 Å². The van der Waals surface area contributed by atoms with Crippen LogP contribution in [-0.2, 0) is 13.5 Å². The number of aromatic nitrogens is 2. The summed E-state index contributed by atoms with van der Waals surface area (Å²) in [6.45, 7) is 0. The van der Waals surface area contributed by atoms with Gasteiger partial charge in [-0.25, -0.2) is 4.98 Å². The number of hydrogen-bond donors (Lipinski definition) is 0. The summed E-state index contributed by atoms with van der Waals surface area (Å²) in [5, 5.41) is 9.23. The van der Waals surface area contributed by atoms with Crippen molar-refractivity contribution in [2.75, 3.05) is 0 Å². The van der Waals surface area contributed by atoms with Crippen molar-refractivity contribution in [3.8, 4) is 6.07 Å². The molecule has 0 saturated carbocycles. The van der Waals surface area contributed by atoms with Gasteiger partial charge >= 0.3 is 0 Å². The Balaban J connectivity index is 2.74. The van der Waals surface area contributed by atoms with E-state index in [1.165, 1.54) is 0 Å². The monoisotopic (exact) mass is 205 g/mol. The van der Waals surface area contributed by atoms with E-state index in [1.54, 1.807) is 6.07 Å². The molecule has 0 unspecified atom stereocenters. The highest BCUT2D eigenvalue weighted by atomic mass is 35.5. The van der Waals surface area contributed by atoms with Gasteiger partial charge in [0.05, 0.1) is 23.0 Å². The van der Waals surface area contributed by atoms with E-state index in [1.807, 2.05) is 23.7 Å². The minimum atomic E-state index is 0.307. The summed E-state index contributed by atoms with van der Waals surface area (Å²) in [5.74, 6) is 0.746. The van der Waals surface area contributed by atoms with Crippen molar-refractivity contribution >= 4 is 22.6 Å². The Kier molecular flexibility index (Phi) is 2.14. The molecule has 2 rings (SSSR count). The number of hydrogen-bond acceptors (Lipinski definition) is 2. The molecule has 0 aliphatic heterocycles. The van der Waals surface area contributed by atoms with E-state index in [4.69, 9.17) is 16.9 Å². The van der Waals surface area contributed by atoms with Crippen LogP contribution in [0, 0.1) is 11.3 Å². The smallest absolute Gasteiger partial charge is 0.123 e. The van der Waals surface area contributed by atoms with Gasteiger partial charge in [0.25, 0.3) is 0 Å². The molecule has 0 saturated heterocycles. The largest absolute Gasteiger partial charge is 0.330 e. The van der Waals surface area contributed by atoms with Gasteiger partial charge in [-0.05, 0) is 12.1 Å². The highest BCUT2D eigenvalue weighted by Gasteiger charge is 2.08. The van der Waals surface area contributed by atoms with Crippen LogP contribution in [0.5, 0.6) is 0 Å². The normalized spacial score (nSPS) is 10.4. The molecule has 0 aliphatic rings. The highest BCUT2D eigenvalue weighted by molar-refractivity contribution is 6.34. The third-order valence-corrected chi connectivity index (χ3v) is 2.50. The number of fused-ring (bicyclic) bond motifs is 1. The van der Waals surface area contributed by atoms with Crippen molar-refractivity contribution < 1.29 is 0 Å². The van der Waals surface area contributed by atoms with Crippen LogP contribution in [0.15, 0.2) is 18.2 Å². The van der Waals surface area contributed by atoms with E-state index in [9.17, 15) is 0 Å². The molecule has 3 nitrogen and oxygen atoms in total. The Hall–Kier alpha value is -1.53. The van der Waals surface area contributed by atoms with Gasteiger partial charge in [-0.1, -0.05) is 17.7 Å². The Morgan fingerprint density at radius 3 is 3.00 bits per heavy atom. The van der Waals surface area contributed by atoms with Crippen molar-refractivity contribution in [2.45, 2.75) is 6.42 Å². The van der Waals surface area contributed by atoms with Crippen molar-refractivity contribution in [1.82, 2.24) is 9.55 Å². The molecule has 4 heteroatoms. The maximum absolute atomic E-state index is 8.60. The molecule has 1 aromatic heterocycles. The van der Waals surface area contributed by atoms with Crippen LogP contribution in [0.3, 0.4) is 0 Å². The average molecular weight is 206 g/mol. The molecular formula is C10H8ClN3. The first kappa shape index (κ1) is 9.04. The quantitative estimate of drug-likeness (QED) is 0.717. The lowest BCUT2D eigenvalue weighted by molar-refractivity contribution is 0.857. The summed E-state index contributed by atoms with van der Waals surface area (Å²) in [6, 6.07) is 7.69. The molecule has 0 N–H and O–H groups in total. The Morgan fingerprint density at radius 1 is 1.57 bits per heavy atom. The molecule has 1 heterocycles. The lowest BCUT2D eigenvalue weighted by Gasteiger charge is -1.96. The molecule has 0 radical (unpaired) electrons. The zero-order valence-corrected chi connectivity index (χ0v) is 8.41. The van der Waals surface area contributed by atoms with Crippen LogP contribution in [0.1, 0.15) is 5.82 Å². The van der Waals surface area contributed by atoms with Gasteiger partial charge < -0.3 is 4.57 Å². The lowest BCUT2D eigenvalue weighted by atomic mass is 10.3. The van der Waals surface area contributed by atoms with Gasteiger partial charge in [0.1, 0.15) is 11.3 Å². The summed E-state index contributed by atoms with van der Waals surface area (Å²) >= 11 is 5.98. The standard InChI is InChI=1S/C10H8ClN3/c1-14-8-4-2-3-7(11)10(8)13-9(14)5-6-12/h2-4H,5H2,1H3. The Labute approximate surface area is 86.5 Å². The predicted molar refractivity (Wildman–Crippen MR) is 55.0 cm³/mol. The minimum absolute atomic E-state index is 0.307. The van der Waals surface area contributed by atoms with Crippen molar-refractivity contribution in [2.24, 2.45) is 7.05 Å². The molecule has 1 aromatic carbocycles. The third-order valence-electron chi connectivity index (χ3n) is 2.19. The molecular weight excluding hydrogens is 198 g/mol. The number of halogens is 1. The predicted octanol–water partition coefficient (Wildman–Crippen LogP) is 2.29. The molecule has 0 fully saturated rings. The number of benzene rings is 1. The van der Waals surface area contributed by atoms with Gasteiger partial charge in [0.2, 0.25) is 0 Å². The van der Waals surface area contributed by atoms with Gasteiger partial charge in [0, 0.05) is 7.05 Å². The topological polar surface area (TPSA) is 41.6 Å². The van der Waals surface area contributed by atoms with Crippen molar-refractivity contribution in [3.05, 3.63) is 29.0 Å². The fourth-order valence-electron chi connectivity index (χ4n) is 1.46. The van der Waals surface area contributed by atoms with Gasteiger partial charge in [0.15, 0.2) is 0 Å². The van der Waals surface area contributed by atoms with Crippen LogP contribution < -0.4 is 0 Å². The number of imidazole rings is 1. The number of nitriles is 1. The molecule has 14 heavy (non-hydrogen) atoms. The molecule has 0 bridgehead atoms. The molecule has 0 atom stereocenters. The van der Waals surface area contributed by atoms with E-state index >= 15 is 0 Å². The molecule has 2 aromatic rings. The fourth-order valence-corrected chi connectivity index (χ4v) is 1.67. The summed E-state index contributed by atoms with van der Waals surface area (Å²) in [7, 11) is 1.89. The van der Waals surface area contributed by atoms with Crippen molar-refractivity contribution in [3.63, 3.8) is 0 Å². The highest BCUT2D eigenvalue weighted by Crippen LogP contribution is 2.22. The first-order valence-electron chi connectivity index (χ1n) is 4.21. The number of nitrogens with zero attached hydrogens (tertiary/aromatic N) is 3. The zero-order chi connectivity index (χ0) is 10.1. The minimum Gasteiger partial charge on any atom is -0.330 e. The second-order valence-electron chi connectivity index (χ2n) is 3.03. The average Bonchev–Trinajstić information content (AvgIpc) is 2.48. The summed E-state index contributed by atoms with van der Waals surface area (Å²) in [5.41, 5.74) is 1.73. The molecule has 0 spiro atoms. The van der Waals surface area contributed by atoms with Crippen molar-refractivity contribution in [1.29, 1.82) is 5.26 Å². The van der Waals surface area contributed by atoms with Crippen LogP contribution in [0.25, 0.3) is 11.0 Å². The SMILES string of the molecule is Cn1c(CC#N)nc2c(Cl)cccc21. The molecule has 0 aliphatic carbocycles. The fraction of sp³-hybridized carbons (Fsp3) is 0.200. The Morgan fingerprint density at radius 2 is 2.36 bits per heavy atom.